The minimum atomic E-state index is -0.587. The van der Waals surface area contributed by atoms with Gasteiger partial charge in [0.25, 0.3) is 5.91 Å². The average Bonchev–Trinajstić information content (AvgIpc) is 2.65. The van der Waals surface area contributed by atoms with Crippen molar-refractivity contribution in [1.29, 1.82) is 0 Å². The molecule has 2 aromatic carbocycles. The van der Waals surface area contributed by atoms with Crippen LogP contribution in [0.3, 0.4) is 0 Å². The number of halogens is 1. The maximum Gasteiger partial charge on any atom is 0.255 e. The Morgan fingerprint density at radius 2 is 2.00 bits per heavy atom. The van der Waals surface area contributed by atoms with Gasteiger partial charge in [-0.3, -0.25) is 9.59 Å². The van der Waals surface area contributed by atoms with Crippen molar-refractivity contribution in [2.75, 3.05) is 20.3 Å². The SMILES string of the molecule is COc1cc(/C=C/C(=O)NCCc2cccc(F)c2)ccc1OCC(N)=O. The second-order valence-corrected chi connectivity index (χ2v) is 5.67. The number of amides is 2. The summed E-state index contributed by atoms with van der Waals surface area (Å²) in [5.41, 5.74) is 6.58. The number of primary amides is 1. The number of rotatable bonds is 9. The standard InChI is InChI=1S/C20H21FN2O4/c1-26-18-12-15(5-7-17(18)27-13-19(22)24)6-8-20(25)23-10-9-14-3-2-4-16(21)11-14/h2-8,11-12H,9-10,13H2,1H3,(H2,22,24)(H,23,25)/b8-6+. The van der Waals surface area contributed by atoms with Crippen LogP contribution < -0.4 is 20.5 Å². The molecule has 0 aromatic heterocycles. The number of methoxy groups -OCH3 is 1. The lowest BCUT2D eigenvalue weighted by molar-refractivity contribution is -0.120. The van der Waals surface area contributed by atoms with E-state index in [0.717, 1.165) is 11.1 Å². The lowest BCUT2D eigenvalue weighted by Crippen LogP contribution is -2.23. The lowest BCUT2D eigenvalue weighted by atomic mass is 10.1. The molecule has 0 atom stereocenters. The second kappa shape index (κ2) is 9.96. The number of hydrogen-bond donors (Lipinski definition) is 2. The molecule has 0 radical (unpaired) electrons. The Balaban J connectivity index is 1.88. The molecular formula is C20H21FN2O4. The van der Waals surface area contributed by atoms with Crippen LogP contribution in [0.5, 0.6) is 11.5 Å². The zero-order chi connectivity index (χ0) is 19.6. The van der Waals surface area contributed by atoms with Crippen LogP contribution in [0.1, 0.15) is 11.1 Å². The van der Waals surface area contributed by atoms with E-state index in [-0.39, 0.29) is 18.3 Å². The molecule has 0 saturated carbocycles. The van der Waals surface area contributed by atoms with Crippen molar-refractivity contribution in [3.63, 3.8) is 0 Å². The molecule has 6 nitrogen and oxygen atoms in total. The van der Waals surface area contributed by atoms with Gasteiger partial charge in [-0.25, -0.2) is 4.39 Å². The Morgan fingerprint density at radius 3 is 2.70 bits per heavy atom. The molecule has 3 N–H and O–H groups in total. The molecule has 0 saturated heterocycles. The highest BCUT2D eigenvalue weighted by molar-refractivity contribution is 5.91. The summed E-state index contributed by atoms with van der Waals surface area (Å²) in [6.45, 7) is 0.148. The maximum atomic E-state index is 13.1. The monoisotopic (exact) mass is 372 g/mol. The third-order valence-electron chi connectivity index (χ3n) is 3.59. The van der Waals surface area contributed by atoms with Crippen LogP contribution in [-0.4, -0.2) is 32.1 Å². The normalized spacial score (nSPS) is 10.6. The minimum absolute atomic E-state index is 0.251. The van der Waals surface area contributed by atoms with Gasteiger partial charge >= 0.3 is 0 Å². The van der Waals surface area contributed by atoms with Crippen molar-refractivity contribution < 1.29 is 23.5 Å². The number of carbonyl (C=O) groups excluding carboxylic acids is 2. The summed E-state index contributed by atoms with van der Waals surface area (Å²) in [4.78, 5) is 22.7. The molecule has 27 heavy (non-hydrogen) atoms. The van der Waals surface area contributed by atoms with Gasteiger partial charge in [-0.15, -0.1) is 0 Å². The average molecular weight is 372 g/mol. The quantitative estimate of drug-likeness (QED) is 0.660. The highest BCUT2D eigenvalue weighted by Gasteiger charge is 2.06. The predicted molar refractivity (Wildman–Crippen MR) is 99.8 cm³/mol. The number of carbonyl (C=O) groups is 2. The minimum Gasteiger partial charge on any atom is -0.493 e. The van der Waals surface area contributed by atoms with E-state index < -0.39 is 5.91 Å². The number of benzene rings is 2. The number of nitrogens with one attached hydrogen (secondary N) is 1. The second-order valence-electron chi connectivity index (χ2n) is 5.67. The van der Waals surface area contributed by atoms with Crippen molar-refractivity contribution in [2.45, 2.75) is 6.42 Å². The van der Waals surface area contributed by atoms with Crippen LogP contribution in [0, 0.1) is 5.82 Å². The van der Waals surface area contributed by atoms with Crippen molar-refractivity contribution in [3.05, 3.63) is 65.5 Å². The van der Waals surface area contributed by atoms with Gasteiger partial charge in [0.05, 0.1) is 7.11 Å². The molecule has 0 bridgehead atoms. The Bertz CT molecular complexity index is 836. The lowest BCUT2D eigenvalue weighted by Gasteiger charge is -2.10. The summed E-state index contributed by atoms with van der Waals surface area (Å²) in [7, 11) is 1.47. The summed E-state index contributed by atoms with van der Waals surface area (Å²) < 4.78 is 23.5. The molecule has 0 aliphatic heterocycles. The summed E-state index contributed by atoms with van der Waals surface area (Å²) in [5, 5.41) is 2.74. The summed E-state index contributed by atoms with van der Waals surface area (Å²) in [5.74, 6) is -0.343. The highest BCUT2D eigenvalue weighted by Crippen LogP contribution is 2.28. The van der Waals surface area contributed by atoms with Gasteiger partial charge < -0.3 is 20.5 Å². The molecule has 0 aliphatic carbocycles. The van der Waals surface area contributed by atoms with Gasteiger partial charge in [-0.2, -0.15) is 0 Å². The van der Waals surface area contributed by atoms with Crippen LogP contribution in [0.4, 0.5) is 4.39 Å². The number of hydrogen-bond acceptors (Lipinski definition) is 4. The molecule has 0 heterocycles. The van der Waals surface area contributed by atoms with Crippen LogP contribution in [-0.2, 0) is 16.0 Å². The molecule has 0 spiro atoms. The zero-order valence-corrected chi connectivity index (χ0v) is 14.9. The fourth-order valence-electron chi connectivity index (χ4n) is 2.31. The van der Waals surface area contributed by atoms with Crippen LogP contribution in [0.2, 0.25) is 0 Å². The fourth-order valence-corrected chi connectivity index (χ4v) is 2.31. The molecule has 0 fully saturated rings. The van der Waals surface area contributed by atoms with Gasteiger partial charge in [-0.05, 0) is 47.9 Å². The van der Waals surface area contributed by atoms with E-state index >= 15 is 0 Å². The third-order valence-corrected chi connectivity index (χ3v) is 3.59. The molecule has 2 amide bonds. The van der Waals surface area contributed by atoms with E-state index in [4.69, 9.17) is 15.2 Å². The molecule has 2 aromatic rings. The molecular weight excluding hydrogens is 351 g/mol. The van der Waals surface area contributed by atoms with Crippen molar-refractivity contribution in [3.8, 4) is 11.5 Å². The first-order valence-corrected chi connectivity index (χ1v) is 8.27. The Labute approximate surface area is 156 Å². The smallest absolute Gasteiger partial charge is 0.255 e. The van der Waals surface area contributed by atoms with Gasteiger partial charge in [0, 0.05) is 12.6 Å². The first-order valence-electron chi connectivity index (χ1n) is 8.27. The van der Waals surface area contributed by atoms with E-state index in [9.17, 15) is 14.0 Å². The van der Waals surface area contributed by atoms with E-state index in [1.807, 2.05) is 0 Å². The predicted octanol–water partition coefficient (Wildman–Crippen LogP) is 2.07. The molecule has 2 rings (SSSR count). The molecule has 142 valence electrons. The highest BCUT2D eigenvalue weighted by atomic mass is 19.1. The van der Waals surface area contributed by atoms with Crippen LogP contribution in [0.25, 0.3) is 6.08 Å². The summed E-state index contributed by atoms with van der Waals surface area (Å²) in [6.07, 6.45) is 3.55. The third kappa shape index (κ3) is 6.81. The molecule has 0 unspecified atom stereocenters. The Kier molecular flexibility index (Phi) is 7.37. The zero-order valence-electron chi connectivity index (χ0n) is 14.9. The van der Waals surface area contributed by atoms with E-state index in [0.29, 0.717) is 24.5 Å². The van der Waals surface area contributed by atoms with Gasteiger partial charge in [-0.1, -0.05) is 18.2 Å². The van der Waals surface area contributed by atoms with Crippen LogP contribution in [0.15, 0.2) is 48.5 Å². The van der Waals surface area contributed by atoms with E-state index in [1.165, 1.54) is 25.3 Å². The van der Waals surface area contributed by atoms with Crippen molar-refractivity contribution >= 4 is 17.9 Å². The number of nitrogens with two attached hydrogens (primary N) is 1. The van der Waals surface area contributed by atoms with Gasteiger partial charge in [0.2, 0.25) is 5.91 Å². The van der Waals surface area contributed by atoms with Crippen molar-refractivity contribution in [1.82, 2.24) is 5.32 Å². The Morgan fingerprint density at radius 1 is 1.19 bits per heavy atom. The van der Waals surface area contributed by atoms with Crippen molar-refractivity contribution in [2.24, 2.45) is 5.73 Å². The summed E-state index contributed by atoms with van der Waals surface area (Å²) >= 11 is 0. The number of ether oxygens (including phenoxy) is 2. The molecule has 0 aliphatic rings. The summed E-state index contributed by atoms with van der Waals surface area (Å²) in [6, 6.07) is 11.3. The van der Waals surface area contributed by atoms with E-state index in [1.54, 1.807) is 36.4 Å². The van der Waals surface area contributed by atoms with E-state index in [2.05, 4.69) is 5.32 Å². The molecule has 7 heteroatoms. The van der Waals surface area contributed by atoms with Crippen LogP contribution >= 0.6 is 0 Å². The van der Waals surface area contributed by atoms with Gasteiger partial charge in [0.1, 0.15) is 5.82 Å². The first kappa shape index (κ1) is 20.0. The Hall–Kier alpha value is -3.35. The van der Waals surface area contributed by atoms with Gasteiger partial charge in [0.15, 0.2) is 18.1 Å². The largest absolute Gasteiger partial charge is 0.493 e. The first-order chi connectivity index (χ1) is 13.0. The fraction of sp³-hybridized carbons (Fsp3) is 0.200. The maximum absolute atomic E-state index is 13.1. The topological polar surface area (TPSA) is 90.7 Å².